The van der Waals surface area contributed by atoms with Crippen LogP contribution in [0.25, 0.3) is 0 Å². The highest BCUT2D eigenvalue weighted by molar-refractivity contribution is 5.88. The summed E-state index contributed by atoms with van der Waals surface area (Å²) in [6, 6.07) is 11.1. The molecular weight excluding hydrogens is 350 g/mol. The molecule has 144 valence electrons. The van der Waals surface area contributed by atoms with Gasteiger partial charge < -0.3 is 10.2 Å². The Kier molecular flexibility index (Phi) is 7.46. The lowest BCUT2D eigenvalue weighted by Crippen LogP contribution is -2.49. The van der Waals surface area contributed by atoms with Gasteiger partial charge in [0.05, 0.1) is 6.42 Å². The van der Waals surface area contributed by atoms with Gasteiger partial charge in [-0.2, -0.15) is 0 Å². The fraction of sp³-hybridized carbons (Fsp3) is 0.333. The molecule has 0 aliphatic rings. The Balaban J connectivity index is 2.29. The third kappa shape index (κ3) is 5.61. The van der Waals surface area contributed by atoms with Crippen molar-refractivity contribution < 1.29 is 18.4 Å². The summed E-state index contributed by atoms with van der Waals surface area (Å²) in [5.41, 5.74) is 0.971. The number of carbonyl (C=O) groups is 2. The molecule has 0 radical (unpaired) electrons. The van der Waals surface area contributed by atoms with Crippen molar-refractivity contribution in [2.75, 3.05) is 6.54 Å². The van der Waals surface area contributed by atoms with Gasteiger partial charge in [0.15, 0.2) is 0 Å². The van der Waals surface area contributed by atoms with Gasteiger partial charge in [-0.1, -0.05) is 37.3 Å². The van der Waals surface area contributed by atoms with Crippen LogP contribution in [-0.4, -0.2) is 29.3 Å². The van der Waals surface area contributed by atoms with E-state index in [2.05, 4.69) is 5.32 Å². The largest absolute Gasteiger partial charge is 0.355 e. The Morgan fingerprint density at radius 2 is 1.70 bits per heavy atom. The number of hydrogen-bond donors (Lipinski definition) is 1. The first-order valence-electron chi connectivity index (χ1n) is 9.01. The van der Waals surface area contributed by atoms with Crippen LogP contribution in [0, 0.1) is 11.6 Å². The lowest BCUT2D eigenvalue weighted by Gasteiger charge is -2.30. The van der Waals surface area contributed by atoms with Crippen LogP contribution < -0.4 is 5.32 Å². The average molecular weight is 374 g/mol. The number of likely N-dealkylation sites (N-methyl/N-ethyl adjacent to an activating group) is 1. The van der Waals surface area contributed by atoms with Crippen molar-refractivity contribution in [3.05, 3.63) is 71.3 Å². The normalized spacial score (nSPS) is 11.7. The smallest absolute Gasteiger partial charge is 0.242 e. The molecule has 4 nitrogen and oxygen atoms in total. The quantitative estimate of drug-likeness (QED) is 0.769. The zero-order chi connectivity index (χ0) is 19.8. The van der Waals surface area contributed by atoms with E-state index >= 15 is 0 Å². The molecule has 0 saturated carbocycles. The highest BCUT2D eigenvalue weighted by Crippen LogP contribution is 2.16. The second kappa shape index (κ2) is 9.80. The minimum atomic E-state index is -0.686. The number of nitrogens with zero attached hydrogens (tertiary/aromatic N) is 1. The van der Waals surface area contributed by atoms with Crippen molar-refractivity contribution in [1.82, 2.24) is 10.2 Å². The number of nitrogens with one attached hydrogen (secondary N) is 1. The molecule has 6 heteroatoms. The van der Waals surface area contributed by atoms with E-state index in [4.69, 9.17) is 0 Å². The summed E-state index contributed by atoms with van der Waals surface area (Å²) in [5, 5.41) is 2.74. The van der Waals surface area contributed by atoms with Gasteiger partial charge in [-0.3, -0.25) is 9.59 Å². The predicted octanol–water partition coefficient (Wildman–Crippen LogP) is 3.45. The first-order chi connectivity index (χ1) is 13.0. The van der Waals surface area contributed by atoms with E-state index in [1.165, 1.54) is 23.1 Å². The van der Waals surface area contributed by atoms with Gasteiger partial charge in [-0.25, -0.2) is 8.78 Å². The van der Waals surface area contributed by atoms with E-state index in [0.717, 1.165) is 0 Å². The summed E-state index contributed by atoms with van der Waals surface area (Å²) in [7, 11) is 0. The maximum atomic E-state index is 14.0. The van der Waals surface area contributed by atoms with Crippen LogP contribution in [0.15, 0.2) is 48.5 Å². The van der Waals surface area contributed by atoms with E-state index in [0.29, 0.717) is 18.5 Å². The first kappa shape index (κ1) is 20.6. The molecule has 1 unspecified atom stereocenters. The van der Waals surface area contributed by atoms with Crippen LogP contribution in [-0.2, 0) is 22.6 Å². The van der Waals surface area contributed by atoms with Gasteiger partial charge in [0, 0.05) is 13.1 Å². The summed E-state index contributed by atoms with van der Waals surface area (Å²) in [6.07, 6.45) is 0.264. The molecule has 0 spiro atoms. The molecule has 27 heavy (non-hydrogen) atoms. The van der Waals surface area contributed by atoms with Gasteiger partial charge >= 0.3 is 0 Å². The van der Waals surface area contributed by atoms with Crippen LogP contribution in [0.1, 0.15) is 31.4 Å². The molecule has 0 aliphatic heterocycles. The summed E-state index contributed by atoms with van der Waals surface area (Å²) in [4.78, 5) is 26.8. The molecule has 1 N–H and O–H groups in total. The Labute approximate surface area is 158 Å². The van der Waals surface area contributed by atoms with E-state index in [1.54, 1.807) is 37.3 Å². The molecule has 2 rings (SSSR count). The summed E-state index contributed by atoms with van der Waals surface area (Å²) < 4.78 is 27.1. The number of hydrogen-bond acceptors (Lipinski definition) is 2. The highest BCUT2D eigenvalue weighted by atomic mass is 19.1. The summed E-state index contributed by atoms with van der Waals surface area (Å²) in [6.45, 7) is 4.20. The number of halogens is 2. The second-order valence-corrected chi connectivity index (χ2v) is 6.23. The third-order valence-corrected chi connectivity index (χ3v) is 4.30. The van der Waals surface area contributed by atoms with E-state index < -0.39 is 11.9 Å². The molecule has 2 amide bonds. The molecule has 0 aliphatic carbocycles. The van der Waals surface area contributed by atoms with Crippen molar-refractivity contribution >= 4 is 11.8 Å². The number of benzene rings is 2. The molecule has 2 aromatic rings. The minimum absolute atomic E-state index is 0.142. The Hall–Kier alpha value is -2.76. The summed E-state index contributed by atoms with van der Waals surface area (Å²) in [5.74, 6) is -1.45. The van der Waals surface area contributed by atoms with Gasteiger partial charge in [0.25, 0.3) is 0 Å². The number of rotatable bonds is 8. The van der Waals surface area contributed by atoms with Crippen LogP contribution in [0.5, 0.6) is 0 Å². The van der Waals surface area contributed by atoms with Gasteiger partial charge in [0.1, 0.15) is 17.7 Å². The maximum absolute atomic E-state index is 14.0. The molecule has 0 saturated heterocycles. The molecule has 0 fully saturated rings. The molecular formula is C21H24F2N2O2. The Bertz CT molecular complexity index is 778. The standard InChI is InChI=1S/C21H24F2N2O2/c1-3-19(21(27)24-4-2)25(14-15-9-11-17(22)12-10-15)20(26)13-16-7-5-6-8-18(16)23/h5-12,19H,3-4,13-14H2,1-2H3,(H,24,27). The molecule has 0 bridgehead atoms. The zero-order valence-electron chi connectivity index (χ0n) is 15.5. The maximum Gasteiger partial charge on any atom is 0.242 e. The van der Waals surface area contributed by atoms with Crippen molar-refractivity contribution in [2.24, 2.45) is 0 Å². The fourth-order valence-electron chi connectivity index (χ4n) is 2.90. The van der Waals surface area contributed by atoms with Crippen molar-refractivity contribution in [2.45, 2.75) is 39.3 Å². The topological polar surface area (TPSA) is 49.4 Å². The SMILES string of the molecule is CCNC(=O)C(CC)N(Cc1ccc(F)cc1)C(=O)Cc1ccccc1F. The molecule has 0 heterocycles. The van der Waals surface area contributed by atoms with Crippen LogP contribution in [0.4, 0.5) is 8.78 Å². The zero-order valence-corrected chi connectivity index (χ0v) is 15.5. The number of carbonyl (C=O) groups excluding carboxylic acids is 2. The Morgan fingerprint density at radius 3 is 2.30 bits per heavy atom. The molecule has 1 atom stereocenters. The Morgan fingerprint density at radius 1 is 1.04 bits per heavy atom. The molecule has 2 aromatic carbocycles. The second-order valence-electron chi connectivity index (χ2n) is 6.23. The van der Waals surface area contributed by atoms with Gasteiger partial charge in [-0.05, 0) is 42.7 Å². The highest BCUT2D eigenvalue weighted by Gasteiger charge is 2.28. The third-order valence-electron chi connectivity index (χ3n) is 4.30. The molecule has 0 aromatic heterocycles. The van der Waals surface area contributed by atoms with Gasteiger partial charge in [-0.15, -0.1) is 0 Å². The van der Waals surface area contributed by atoms with E-state index in [-0.39, 0.29) is 36.2 Å². The summed E-state index contributed by atoms with van der Waals surface area (Å²) >= 11 is 0. The average Bonchev–Trinajstić information content (AvgIpc) is 2.65. The van der Waals surface area contributed by atoms with Crippen molar-refractivity contribution in [3.8, 4) is 0 Å². The van der Waals surface area contributed by atoms with E-state index in [1.807, 2.05) is 6.92 Å². The fourth-order valence-corrected chi connectivity index (χ4v) is 2.90. The van der Waals surface area contributed by atoms with Crippen molar-refractivity contribution in [3.63, 3.8) is 0 Å². The number of amides is 2. The van der Waals surface area contributed by atoms with E-state index in [9.17, 15) is 18.4 Å². The first-order valence-corrected chi connectivity index (χ1v) is 9.01. The lowest BCUT2D eigenvalue weighted by molar-refractivity contribution is -0.140. The monoisotopic (exact) mass is 374 g/mol. The lowest BCUT2D eigenvalue weighted by atomic mass is 10.1. The van der Waals surface area contributed by atoms with Crippen LogP contribution >= 0.6 is 0 Å². The van der Waals surface area contributed by atoms with Crippen molar-refractivity contribution in [1.29, 1.82) is 0 Å². The minimum Gasteiger partial charge on any atom is -0.355 e. The van der Waals surface area contributed by atoms with Gasteiger partial charge in [0.2, 0.25) is 11.8 Å². The van der Waals surface area contributed by atoms with Crippen LogP contribution in [0.2, 0.25) is 0 Å². The van der Waals surface area contributed by atoms with Crippen LogP contribution in [0.3, 0.4) is 0 Å². The predicted molar refractivity (Wildman–Crippen MR) is 99.8 cm³/mol.